The lowest BCUT2D eigenvalue weighted by Gasteiger charge is -2.40. The van der Waals surface area contributed by atoms with E-state index < -0.39 is 0 Å². The number of carbonyl (C=O) groups is 1. The maximum Gasteiger partial charge on any atom is 0.321 e. The van der Waals surface area contributed by atoms with Crippen molar-refractivity contribution in [3.63, 3.8) is 0 Å². The first-order valence-electron chi connectivity index (χ1n) is 9.95. The van der Waals surface area contributed by atoms with Crippen LogP contribution < -0.4 is 10.1 Å². The Morgan fingerprint density at radius 1 is 1.38 bits per heavy atom. The molecule has 2 atom stereocenters. The first-order valence-corrected chi connectivity index (χ1v) is 9.95. The number of aryl methyl sites for hydroxylation is 1. The maximum atomic E-state index is 12.7. The zero-order valence-electron chi connectivity index (χ0n) is 17.0. The average Bonchev–Trinajstić information content (AvgIpc) is 2.63. The minimum atomic E-state index is -0.0328. The number of likely N-dealkylation sites (tertiary alicyclic amines) is 1. The number of unbranched alkanes of at least 4 members (excludes halogenated alkanes) is 1. The smallest absolute Gasteiger partial charge is 0.321 e. The fraction of sp³-hybridized carbons (Fsp3) is 0.667. The third-order valence-corrected chi connectivity index (χ3v) is 5.42. The lowest BCUT2D eigenvalue weighted by Crippen LogP contribution is -2.51. The normalized spacial score (nSPS) is 20.7. The summed E-state index contributed by atoms with van der Waals surface area (Å²) in [6.07, 6.45) is 3.20. The number of carbonyl (C=O) groups excluding carboxylic acids is 1. The molecule has 1 aromatic rings. The summed E-state index contributed by atoms with van der Waals surface area (Å²) >= 11 is 0. The molecule has 2 rings (SSSR count). The SMILES string of the molecule is CCCCOc1ccc(NC(=O)N(C)C2CCN(CC)CC2C)c(C)c1. The second kappa shape index (κ2) is 9.81. The van der Waals surface area contributed by atoms with Crippen molar-refractivity contribution in [3.8, 4) is 5.75 Å². The molecule has 0 aliphatic carbocycles. The molecule has 0 spiro atoms. The van der Waals surface area contributed by atoms with Crippen molar-refractivity contribution >= 4 is 11.7 Å². The Bertz CT molecular complexity index is 591. The first kappa shape index (κ1) is 20.6. The zero-order chi connectivity index (χ0) is 19.1. The number of urea groups is 1. The molecule has 0 bridgehead atoms. The van der Waals surface area contributed by atoms with E-state index in [0.29, 0.717) is 5.92 Å². The predicted octanol–water partition coefficient (Wildman–Crippen LogP) is 4.37. The number of piperidine rings is 1. The molecule has 146 valence electrons. The Hall–Kier alpha value is -1.75. The number of anilines is 1. The molecule has 0 radical (unpaired) electrons. The van der Waals surface area contributed by atoms with Crippen molar-refractivity contribution in [1.82, 2.24) is 9.80 Å². The highest BCUT2D eigenvalue weighted by atomic mass is 16.5. The van der Waals surface area contributed by atoms with Gasteiger partial charge < -0.3 is 19.9 Å². The number of hydrogen-bond donors (Lipinski definition) is 1. The fourth-order valence-electron chi connectivity index (χ4n) is 3.64. The van der Waals surface area contributed by atoms with Crippen LogP contribution in [0, 0.1) is 12.8 Å². The van der Waals surface area contributed by atoms with Crippen LogP contribution in [0.1, 0.15) is 45.6 Å². The van der Waals surface area contributed by atoms with E-state index in [4.69, 9.17) is 4.74 Å². The summed E-state index contributed by atoms with van der Waals surface area (Å²) in [7, 11) is 1.91. The number of ether oxygens (including phenoxy) is 1. The molecule has 5 heteroatoms. The first-order chi connectivity index (χ1) is 12.5. The topological polar surface area (TPSA) is 44.8 Å². The van der Waals surface area contributed by atoms with Crippen molar-refractivity contribution < 1.29 is 9.53 Å². The summed E-state index contributed by atoms with van der Waals surface area (Å²) in [5.74, 6) is 1.35. The van der Waals surface area contributed by atoms with Crippen LogP contribution in [-0.4, -0.2) is 55.2 Å². The van der Waals surface area contributed by atoms with Crippen molar-refractivity contribution in [2.24, 2.45) is 5.92 Å². The van der Waals surface area contributed by atoms with E-state index in [1.54, 1.807) is 0 Å². The highest BCUT2D eigenvalue weighted by Crippen LogP contribution is 2.24. The van der Waals surface area contributed by atoms with Crippen LogP contribution in [0.5, 0.6) is 5.75 Å². The molecule has 1 saturated heterocycles. The summed E-state index contributed by atoms with van der Waals surface area (Å²) in [5.41, 5.74) is 1.87. The van der Waals surface area contributed by atoms with Gasteiger partial charge in [0.1, 0.15) is 5.75 Å². The summed E-state index contributed by atoms with van der Waals surface area (Å²) in [6, 6.07) is 6.11. The Morgan fingerprint density at radius 2 is 2.15 bits per heavy atom. The Kier molecular flexibility index (Phi) is 7.76. The molecule has 1 heterocycles. The lowest BCUT2D eigenvalue weighted by atomic mass is 9.93. The second-order valence-corrected chi connectivity index (χ2v) is 7.45. The van der Waals surface area contributed by atoms with Crippen LogP contribution in [-0.2, 0) is 0 Å². The van der Waals surface area contributed by atoms with Gasteiger partial charge in [0.25, 0.3) is 0 Å². The number of hydrogen-bond acceptors (Lipinski definition) is 3. The molecular weight excluding hydrogens is 326 g/mol. The summed E-state index contributed by atoms with van der Waals surface area (Å²) < 4.78 is 5.74. The van der Waals surface area contributed by atoms with E-state index in [9.17, 15) is 4.79 Å². The molecular formula is C21H35N3O2. The number of nitrogens with zero attached hydrogens (tertiary/aromatic N) is 2. The monoisotopic (exact) mass is 361 g/mol. The van der Waals surface area contributed by atoms with Gasteiger partial charge in [-0.3, -0.25) is 0 Å². The van der Waals surface area contributed by atoms with Gasteiger partial charge >= 0.3 is 6.03 Å². The molecule has 0 aromatic heterocycles. The molecule has 1 fully saturated rings. The van der Waals surface area contributed by atoms with Crippen LogP contribution in [0.2, 0.25) is 0 Å². The zero-order valence-corrected chi connectivity index (χ0v) is 17.0. The van der Waals surface area contributed by atoms with E-state index in [0.717, 1.165) is 62.5 Å². The van der Waals surface area contributed by atoms with Crippen molar-refractivity contribution in [2.75, 3.05) is 38.6 Å². The van der Waals surface area contributed by atoms with Gasteiger partial charge in [0.2, 0.25) is 0 Å². The van der Waals surface area contributed by atoms with Gasteiger partial charge in [-0.05, 0) is 56.0 Å². The van der Waals surface area contributed by atoms with Gasteiger partial charge in [-0.15, -0.1) is 0 Å². The van der Waals surface area contributed by atoms with Crippen molar-refractivity contribution in [3.05, 3.63) is 23.8 Å². The standard InChI is InChI=1S/C21H35N3O2/c1-6-8-13-26-18-9-10-19(16(3)14-18)22-21(25)23(5)20-11-12-24(7-2)15-17(20)4/h9-10,14,17,20H,6-8,11-13,15H2,1-5H3,(H,22,25). The summed E-state index contributed by atoms with van der Waals surface area (Å²) in [4.78, 5) is 17.1. The number of amides is 2. The third kappa shape index (κ3) is 5.37. The van der Waals surface area contributed by atoms with Gasteiger partial charge in [0.05, 0.1) is 6.61 Å². The fourth-order valence-corrected chi connectivity index (χ4v) is 3.64. The van der Waals surface area contributed by atoms with Crippen LogP contribution >= 0.6 is 0 Å². The van der Waals surface area contributed by atoms with Gasteiger partial charge in [0.15, 0.2) is 0 Å². The molecule has 5 nitrogen and oxygen atoms in total. The van der Waals surface area contributed by atoms with Gasteiger partial charge in [-0.2, -0.15) is 0 Å². The molecule has 1 aliphatic heterocycles. The molecule has 2 amide bonds. The quantitative estimate of drug-likeness (QED) is 0.734. The Labute approximate surface area is 158 Å². The summed E-state index contributed by atoms with van der Waals surface area (Å²) in [6.45, 7) is 12.5. The number of benzene rings is 1. The summed E-state index contributed by atoms with van der Waals surface area (Å²) in [5, 5.41) is 3.07. The van der Waals surface area contributed by atoms with Crippen LogP contribution in [0.3, 0.4) is 0 Å². The van der Waals surface area contributed by atoms with Gasteiger partial charge in [-0.1, -0.05) is 27.2 Å². The average molecular weight is 362 g/mol. The molecule has 0 saturated carbocycles. The minimum absolute atomic E-state index is 0.0328. The second-order valence-electron chi connectivity index (χ2n) is 7.45. The van der Waals surface area contributed by atoms with Gasteiger partial charge in [-0.25, -0.2) is 4.79 Å². The predicted molar refractivity (Wildman–Crippen MR) is 108 cm³/mol. The van der Waals surface area contributed by atoms with Crippen molar-refractivity contribution in [2.45, 2.75) is 53.0 Å². The number of rotatable bonds is 7. The maximum absolute atomic E-state index is 12.7. The molecule has 1 aromatic carbocycles. The number of nitrogens with one attached hydrogen (secondary N) is 1. The third-order valence-electron chi connectivity index (χ3n) is 5.42. The van der Waals surface area contributed by atoms with E-state index in [2.05, 4.69) is 31.0 Å². The molecule has 1 aliphatic rings. The van der Waals surface area contributed by atoms with E-state index in [1.165, 1.54) is 0 Å². The Balaban J connectivity index is 1.94. The lowest BCUT2D eigenvalue weighted by molar-refractivity contribution is 0.101. The largest absolute Gasteiger partial charge is 0.494 e. The highest BCUT2D eigenvalue weighted by Gasteiger charge is 2.30. The van der Waals surface area contributed by atoms with Gasteiger partial charge in [0, 0.05) is 31.9 Å². The molecule has 26 heavy (non-hydrogen) atoms. The van der Waals surface area contributed by atoms with E-state index in [1.807, 2.05) is 37.1 Å². The highest BCUT2D eigenvalue weighted by molar-refractivity contribution is 5.90. The Morgan fingerprint density at radius 3 is 2.77 bits per heavy atom. The van der Waals surface area contributed by atoms with Crippen molar-refractivity contribution in [1.29, 1.82) is 0 Å². The van der Waals surface area contributed by atoms with Crippen LogP contribution in [0.15, 0.2) is 18.2 Å². The molecule has 2 unspecified atom stereocenters. The van der Waals surface area contributed by atoms with Crippen LogP contribution in [0.4, 0.5) is 10.5 Å². The van der Waals surface area contributed by atoms with E-state index >= 15 is 0 Å². The van der Waals surface area contributed by atoms with Crippen LogP contribution in [0.25, 0.3) is 0 Å². The minimum Gasteiger partial charge on any atom is -0.494 e. The van der Waals surface area contributed by atoms with E-state index in [-0.39, 0.29) is 12.1 Å². The molecule has 1 N–H and O–H groups in total.